The molecule has 132 valence electrons. The zero-order chi connectivity index (χ0) is 18.4. The maximum absolute atomic E-state index is 13.6. The molecule has 2 aromatic carbocycles. The van der Waals surface area contributed by atoms with Crippen molar-refractivity contribution < 1.29 is 18.4 Å². The van der Waals surface area contributed by atoms with Crippen molar-refractivity contribution in [2.75, 3.05) is 17.7 Å². The predicted molar refractivity (Wildman–Crippen MR) is 92.3 cm³/mol. The highest BCUT2D eigenvalue weighted by molar-refractivity contribution is 5.96. The van der Waals surface area contributed by atoms with Crippen molar-refractivity contribution in [2.24, 2.45) is 0 Å². The van der Waals surface area contributed by atoms with Crippen molar-refractivity contribution in [2.45, 2.75) is 19.4 Å². The van der Waals surface area contributed by atoms with Crippen molar-refractivity contribution in [3.8, 4) is 0 Å². The second-order valence-corrected chi connectivity index (χ2v) is 5.53. The summed E-state index contributed by atoms with van der Waals surface area (Å²) in [5.41, 5.74) is 1.30. The first kappa shape index (κ1) is 18.4. The number of hydrogen-bond donors (Lipinski definition) is 3. The Hall–Kier alpha value is -2.96. The minimum absolute atomic E-state index is 0.0921. The van der Waals surface area contributed by atoms with Crippen LogP contribution >= 0.6 is 0 Å². The first-order valence-electron chi connectivity index (χ1n) is 7.71. The lowest BCUT2D eigenvalue weighted by Gasteiger charge is -2.16. The Kier molecular flexibility index (Phi) is 6.05. The number of halogens is 2. The number of hydrogen-bond acceptors (Lipinski definition) is 3. The maximum atomic E-state index is 13.6. The van der Waals surface area contributed by atoms with Gasteiger partial charge in [0.1, 0.15) is 17.7 Å². The number of nitrogens with one attached hydrogen (secondary N) is 3. The highest BCUT2D eigenvalue weighted by atomic mass is 19.1. The van der Waals surface area contributed by atoms with E-state index in [4.69, 9.17) is 0 Å². The third-order valence-electron chi connectivity index (χ3n) is 3.56. The van der Waals surface area contributed by atoms with Gasteiger partial charge in [0.2, 0.25) is 11.8 Å². The molecule has 0 aliphatic rings. The van der Waals surface area contributed by atoms with Gasteiger partial charge in [-0.15, -0.1) is 0 Å². The number of amides is 2. The highest BCUT2D eigenvalue weighted by Gasteiger charge is 2.15. The van der Waals surface area contributed by atoms with Gasteiger partial charge in [-0.25, -0.2) is 8.78 Å². The molecule has 25 heavy (non-hydrogen) atoms. The van der Waals surface area contributed by atoms with Crippen molar-refractivity contribution in [3.63, 3.8) is 0 Å². The molecule has 0 bridgehead atoms. The van der Waals surface area contributed by atoms with Crippen LogP contribution in [0.15, 0.2) is 42.5 Å². The summed E-state index contributed by atoms with van der Waals surface area (Å²) in [6.07, 6.45) is 0.270. The van der Waals surface area contributed by atoms with Gasteiger partial charge in [-0.05, 0) is 36.8 Å². The lowest BCUT2D eigenvalue weighted by atomic mass is 10.1. The van der Waals surface area contributed by atoms with Crippen LogP contribution in [0.4, 0.5) is 20.2 Å². The molecule has 5 nitrogen and oxygen atoms in total. The molecule has 0 aliphatic heterocycles. The van der Waals surface area contributed by atoms with Gasteiger partial charge in [-0.1, -0.05) is 12.1 Å². The Morgan fingerprint density at radius 2 is 1.76 bits per heavy atom. The van der Waals surface area contributed by atoms with Gasteiger partial charge in [-0.2, -0.15) is 0 Å². The van der Waals surface area contributed by atoms with Crippen molar-refractivity contribution in [3.05, 3.63) is 59.7 Å². The smallest absolute Gasteiger partial charge is 0.246 e. The fourth-order valence-corrected chi connectivity index (χ4v) is 2.14. The summed E-state index contributed by atoms with van der Waals surface area (Å²) in [6.45, 7) is 1.60. The molecule has 2 aromatic rings. The molecular weight excluding hydrogens is 328 g/mol. The van der Waals surface area contributed by atoms with Gasteiger partial charge in [-0.3, -0.25) is 9.59 Å². The summed E-state index contributed by atoms with van der Waals surface area (Å²) in [5, 5.41) is 7.85. The maximum Gasteiger partial charge on any atom is 0.246 e. The molecule has 0 saturated carbocycles. The van der Waals surface area contributed by atoms with Crippen LogP contribution in [0.5, 0.6) is 0 Å². The highest BCUT2D eigenvalue weighted by Crippen LogP contribution is 2.16. The van der Waals surface area contributed by atoms with E-state index >= 15 is 0 Å². The molecule has 3 N–H and O–H groups in total. The van der Waals surface area contributed by atoms with E-state index in [2.05, 4.69) is 16.0 Å². The molecule has 0 aliphatic carbocycles. The molecule has 7 heteroatoms. The van der Waals surface area contributed by atoms with Crippen LogP contribution in [0.2, 0.25) is 0 Å². The lowest BCUT2D eigenvalue weighted by molar-refractivity contribution is -0.120. The summed E-state index contributed by atoms with van der Waals surface area (Å²) >= 11 is 0. The third-order valence-corrected chi connectivity index (χ3v) is 3.56. The van der Waals surface area contributed by atoms with Crippen molar-refractivity contribution >= 4 is 23.2 Å². The van der Waals surface area contributed by atoms with Crippen LogP contribution in [0.25, 0.3) is 0 Å². The summed E-state index contributed by atoms with van der Waals surface area (Å²) in [5.74, 6) is -1.94. The van der Waals surface area contributed by atoms with Gasteiger partial charge in [0.25, 0.3) is 0 Å². The average molecular weight is 347 g/mol. The molecule has 0 aromatic heterocycles. The van der Waals surface area contributed by atoms with E-state index in [1.54, 1.807) is 38.2 Å². The number of likely N-dealkylation sites (N-methyl/N-ethyl adjacent to an activating group) is 1. The lowest BCUT2D eigenvalue weighted by Crippen LogP contribution is -2.32. The van der Waals surface area contributed by atoms with E-state index in [9.17, 15) is 18.4 Å². The van der Waals surface area contributed by atoms with E-state index in [1.165, 1.54) is 0 Å². The van der Waals surface area contributed by atoms with Gasteiger partial charge in [0, 0.05) is 18.8 Å². The zero-order valence-corrected chi connectivity index (χ0v) is 13.9. The Labute approximate surface area is 144 Å². The molecule has 2 amide bonds. The Bertz CT molecular complexity index is 763. The molecular formula is C18H19F2N3O2. The largest absolute Gasteiger partial charge is 0.374 e. The average Bonchev–Trinajstić information content (AvgIpc) is 2.59. The number of carbonyl (C=O) groups excluding carboxylic acids is 2. The SMILES string of the molecule is CNC(=O)Cc1ccc(NC(C)C(=O)Nc2cc(F)ccc2F)cc1. The molecule has 0 saturated heterocycles. The van der Waals surface area contributed by atoms with E-state index in [0.717, 1.165) is 23.8 Å². The monoisotopic (exact) mass is 347 g/mol. The van der Waals surface area contributed by atoms with Crippen LogP contribution in [0, 0.1) is 11.6 Å². The zero-order valence-electron chi connectivity index (χ0n) is 13.9. The number of anilines is 2. The minimum Gasteiger partial charge on any atom is -0.374 e. The summed E-state index contributed by atoms with van der Waals surface area (Å²) < 4.78 is 26.7. The Morgan fingerprint density at radius 3 is 2.40 bits per heavy atom. The number of benzene rings is 2. The molecule has 0 fully saturated rings. The van der Waals surface area contributed by atoms with Gasteiger partial charge in [0.15, 0.2) is 0 Å². The second-order valence-electron chi connectivity index (χ2n) is 5.53. The summed E-state index contributed by atoms with van der Waals surface area (Å²) in [7, 11) is 1.57. The van der Waals surface area contributed by atoms with Crippen LogP contribution in [-0.4, -0.2) is 24.9 Å². The fraction of sp³-hybridized carbons (Fsp3) is 0.222. The molecule has 0 radical (unpaired) electrons. The molecule has 0 spiro atoms. The molecule has 0 heterocycles. The predicted octanol–water partition coefficient (Wildman–Crippen LogP) is 2.69. The molecule has 2 rings (SSSR count). The van der Waals surface area contributed by atoms with Gasteiger partial charge < -0.3 is 16.0 Å². The van der Waals surface area contributed by atoms with E-state index in [-0.39, 0.29) is 18.0 Å². The van der Waals surface area contributed by atoms with Gasteiger partial charge >= 0.3 is 0 Å². The Morgan fingerprint density at radius 1 is 1.08 bits per heavy atom. The van der Waals surface area contributed by atoms with E-state index in [1.807, 2.05) is 0 Å². The minimum atomic E-state index is -0.708. The summed E-state index contributed by atoms with van der Waals surface area (Å²) in [4.78, 5) is 23.4. The first-order chi connectivity index (χ1) is 11.9. The standard InChI is InChI=1S/C18H19F2N3O2/c1-11(18(25)23-16-10-13(19)5-8-15(16)20)22-14-6-3-12(4-7-14)9-17(24)21-2/h3-8,10-11,22H,9H2,1-2H3,(H,21,24)(H,23,25). The fourth-order valence-electron chi connectivity index (χ4n) is 2.14. The van der Waals surface area contributed by atoms with Crippen LogP contribution in [0.3, 0.4) is 0 Å². The first-order valence-corrected chi connectivity index (χ1v) is 7.71. The number of rotatable bonds is 6. The molecule has 1 unspecified atom stereocenters. The number of carbonyl (C=O) groups is 2. The van der Waals surface area contributed by atoms with E-state index in [0.29, 0.717) is 5.69 Å². The quantitative estimate of drug-likeness (QED) is 0.752. The Balaban J connectivity index is 1.96. The van der Waals surface area contributed by atoms with Crippen LogP contribution < -0.4 is 16.0 Å². The molecule has 1 atom stereocenters. The third kappa shape index (κ3) is 5.27. The van der Waals surface area contributed by atoms with Crippen LogP contribution in [-0.2, 0) is 16.0 Å². The summed E-state index contributed by atoms with van der Waals surface area (Å²) in [6, 6.07) is 9.21. The van der Waals surface area contributed by atoms with E-state index < -0.39 is 23.6 Å². The van der Waals surface area contributed by atoms with Gasteiger partial charge in [0.05, 0.1) is 12.1 Å². The second kappa shape index (κ2) is 8.23. The van der Waals surface area contributed by atoms with Crippen molar-refractivity contribution in [1.29, 1.82) is 0 Å². The normalized spacial score (nSPS) is 11.5. The van der Waals surface area contributed by atoms with Crippen LogP contribution in [0.1, 0.15) is 12.5 Å². The van der Waals surface area contributed by atoms with Crippen molar-refractivity contribution in [1.82, 2.24) is 5.32 Å². The topological polar surface area (TPSA) is 70.2 Å².